The third-order valence-corrected chi connectivity index (χ3v) is 0. The summed E-state index contributed by atoms with van der Waals surface area (Å²) in [5.74, 6) is 0. The molecule has 0 spiro atoms. The molecular weight excluding hydrogens is 473 g/mol. The summed E-state index contributed by atoms with van der Waals surface area (Å²) < 4.78 is 0. The molecule has 0 nitrogen and oxygen atoms in total. The molecule has 0 saturated carbocycles. The molecule has 0 aromatic heterocycles. The molecule has 0 N–H and O–H groups in total. The largest absolute Gasteiger partial charge is 0 e. The summed E-state index contributed by atoms with van der Waals surface area (Å²) in [5.41, 5.74) is 0. The van der Waals surface area contributed by atoms with Crippen molar-refractivity contribution in [3.05, 3.63) is 0 Å². The molecular formula is BiCuSbSe. The van der Waals surface area contributed by atoms with Gasteiger partial charge >= 0.3 is 0 Å². The maximum Gasteiger partial charge on any atom is 0 e. The van der Waals surface area contributed by atoms with Gasteiger partial charge in [-0.2, -0.15) is 0 Å². The molecule has 4 heteroatoms. The Labute approximate surface area is 83.4 Å². The Morgan fingerprint density at radius 1 is 1.00 bits per heavy atom. The fourth-order valence-electron chi connectivity index (χ4n) is 0. The van der Waals surface area contributed by atoms with E-state index in [2.05, 4.69) is 0 Å². The fourth-order valence-corrected chi connectivity index (χ4v) is 0. The average Bonchev–Trinajstić information content (AvgIpc) is 0. The molecule has 0 saturated heterocycles. The molecule has 0 aliphatic carbocycles. The topological polar surface area (TPSA) is 0 Å². The second-order valence-electron chi connectivity index (χ2n) is 0. The summed E-state index contributed by atoms with van der Waals surface area (Å²) in [6, 6.07) is 0. The van der Waals surface area contributed by atoms with Crippen molar-refractivity contribution in [3.63, 3.8) is 0 Å². The van der Waals surface area contributed by atoms with E-state index in [4.69, 9.17) is 0 Å². The van der Waals surface area contributed by atoms with E-state index in [-0.39, 0.29) is 84.8 Å². The van der Waals surface area contributed by atoms with E-state index in [1.54, 1.807) is 0 Å². The average molecular weight is 473 g/mol. The summed E-state index contributed by atoms with van der Waals surface area (Å²) in [7, 11) is 0. The second-order valence-corrected chi connectivity index (χ2v) is 0. The van der Waals surface area contributed by atoms with Gasteiger partial charge in [0.15, 0.2) is 0 Å². The van der Waals surface area contributed by atoms with Crippen molar-refractivity contribution >= 4 is 67.7 Å². The molecule has 0 rings (SSSR count). The smallest absolute Gasteiger partial charge is 0 e. The minimum atomic E-state index is 0. The minimum Gasteiger partial charge on any atom is 0 e. The van der Waals surface area contributed by atoms with Crippen LogP contribution in [0, 0.1) is 0 Å². The van der Waals surface area contributed by atoms with E-state index in [9.17, 15) is 0 Å². The predicted octanol–water partition coefficient (Wildman–Crippen LogP) is -1.14. The van der Waals surface area contributed by atoms with Crippen LogP contribution in [-0.4, -0.2) is 67.7 Å². The first-order valence-corrected chi connectivity index (χ1v) is 0. The molecule has 0 bridgehead atoms. The first-order chi connectivity index (χ1) is 0. The van der Waals surface area contributed by atoms with Crippen molar-refractivity contribution < 1.29 is 17.1 Å². The van der Waals surface area contributed by atoms with Gasteiger partial charge in [-0.25, -0.2) is 0 Å². The van der Waals surface area contributed by atoms with Crippen LogP contribution in [0.2, 0.25) is 0 Å². The molecule has 0 aromatic rings. The van der Waals surface area contributed by atoms with Gasteiger partial charge < -0.3 is 0 Å². The van der Waals surface area contributed by atoms with Crippen molar-refractivity contribution in [3.8, 4) is 0 Å². The Bertz CT molecular complexity index is 8.00. The van der Waals surface area contributed by atoms with Crippen molar-refractivity contribution in [2.75, 3.05) is 0 Å². The standard InChI is InChI=1S/Bi.Cu.Sb.Se. The zero-order valence-electron chi connectivity index (χ0n) is 1.60. The monoisotopic (exact) mass is 473 g/mol. The molecule has 4 heavy (non-hydrogen) atoms. The molecule has 0 aliphatic heterocycles. The Hall–Kier alpha value is 2.74. The molecule has 9 radical (unpaired) electrons. The van der Waals surface area contributed by atoms with Crippen LogP contribution in [0.5, 0.6) is 0 Å². The Morgan fingerprint density at radius 3 is 1.00 bits per heavy atom. The van der Waals surface area contributed by atoms with E-state index < -0.39 is 0 Å². The molecule has 0 amide bonds. The van der Waals surface area contributed by atoms with Crippen LogP contribution in [0.4, 0.5) is 0 Å². The normalized spacial score (nSPS) is 0. The van der Waals surface area contributed by atoms with E-state index in [1.807, 2.05) is 0 Å². The fraction of sp³-hybridized carbons (Fsp3) is 0. The Balaban J connectivity index is 0. The first kappa shape index (κ1) is 29.6. The molecule has 0 aliphatic rings. The van der Waals surface area contributed by atoms with Crippen molar-refractivity contribution in [1.29, 1.82) is 0 Å². The number of hydrogen-bond donors (Lipinski definition) is 0. The van der Waals surface area contributed by atoms with Gasteiger partial charge in [0.1, 0.15) is 0 Å². The Morgan fingerprint density at radius 2 is 1.00 bits per heavy atom. The first-order valence-electron chi connectivity index (χ1n) is 0. The van der Waals surface area contributed by atoms with Gasteiger partial charge in [-0.1, -0.05) is 0 Å². The van der Waals surface area contributed by atoms with Crippen LogP contribution in [0.25, 0.3) is 0 Å². The summed E-state index contributed by atoms with van der Waals surface area (Å²) in [4.78, 5) is 0. The van der Waals surface area contributed by atoms with Gasteiger partial charge in [0.2, 0.25) is 0 Å². The maximum atomic E-state index is 0. The van der Waals surface area contributed by atoms with E-state index in [0.29, 0.717) is 0 Å². The van der Waals surface area contributed by atoms with Crippen LogP contribution >= 0.6 is 0 Å². The van der Waals surface area contributed by atoms with E-state index in [0.717, 1.165) is 0 Å². The molecule has 0 aromatic carbocycles. The second kappa shape index (κ2) is 17.2. The van der Waals surface area contributed by atoms with Crippen LogP contribution in [-0.2, 0) is 17.1 Å². The number of rotatable bonds is 0. The van der Waals surface area contributed by atoms with Gasteiger partial charge in [-0.15, -0.1) is 0 Å². The summed E-state index contributed by atoms with van der Waals surface area (Å²) in [5, 5.41) is 0. The SMILES string of the molecule is [Bi].[Cu].[Sb].[Se]. The van der Waals surface area contributed by atoms with E-state index >= 15 is 0 Å². The summed E-state index contributed by atoms with van der Waals surface area (Å²) in [6.07, 6.45) is 0. The molecule has 0 heterocycles. The molecule has 0 unspecified atom stereocenters. The van der Waals surface area contributed by atoms with Crippen LogP contribution in [0.1, 0.15) is 0 Å². The minimum absolute atomic E-state index is 0. The molecule has 0 fully saturated rings. The van der Waals surface area contributed by atoms with Crippen molar-refractivity contribution in [2.24, 2.45) is 0 Å². The predicted molar refractivity (Wildman–Crippen MR) is 17.3 cm³/mol. The van der Waals surface area contributed by atoms with Crippen molar-refractivity contribution in [2.45, 2.75) is 0 Å². The van der Waals surface area contributed by atoms with Crippen molar-refractivity contribution in [1.82, 2.24) is 0 Å². The van der Waals surface area contributed by atoms with Gasteiger partial charge in [-0.05, 0) is 0 Å². The molecule has 0 atom stereocenters. The maximum absolute atomic E-state index is 0. The van der Waals surface area contributed by atoms with Gasteiger partial charge in [0.05, 0.1) is 0 Å². The number of hydrogen-bond acceptors (Lipinski definition) is 0. The molecule has 27 valence electrons. The quantitative estimate of drug-likeness (QED) is 0.391. The van der Waals surface area contributed by atoms with Gasteiger partial charge in [0, 0.05) is 84.8 Å². The van der Waals surface area contributed by atoms with Gasteiger partial charge in [0.25, 0.3) is 0 Å². The van der Waals surface area contributed by atoms with Gasteiger partial charge in [-0.3, -0.25) is 0 Å². The zero-order valence-corrected chi connectivity index (χ0v) is 10.3. The Kier molecular flexibility index (Phi) is 127. The summed E-state index contributed by atoms with van der Waals surface area (Å²) >= 11 is 0. The van der Waals surface area contributed by atoms with Crippen LogP contribution in [0.15, 0.2) is 0 Å². The third kappa shape index (κ3) is 8.83. The van der Waals surface area contributed by atoms with Crippen LogP contribution in [0.3, 0.4) is 0 Å². The summed E-state index contributed by atoms with van der Waals surface area (Å²) in [6.45, 7) is 0. The zero-order chi connectivity index (χ0) is 0. The third-order valence-electron chi connectivity index (χ3n) is 0. The van der Waals surface area contributed by atoms with E-state index in [1.165, 1.54) is 0 Å². The van der Waals surface area contributed by atoms with Crippen LogP contribution < -0.4 is 0 Å².